The normalized spacial score (nSPS) is 15.8. The van der Waals surface area contributed by atoms with Gasteiger partial charge in [-0.05, 0) is 44.5 Å². The molecule has 1 aliphatic rings. The van der Waals surface area contributed by atoms with Crippen LogP contribution in [0.25, 0.3) is 0 Å². The van der Waals surface area contributed by atoms with Crippen molar-refractivity contribution in [2.75, 3.05) is 26.7 Å². The molecule has 3 nitrogen and oxygen atoms in total. The number of likely N-dealkylation sites (tertiary alicyclic amines) is 1. The first-order chi connectivity index (χ1) is 9.13. The van der Waals surface area contributed by atoms with E-state index >= 15 is 0 Å². The smallest absolute Gasteiger partial charge is 0.255 e. The van der Waals surface area contributed by atoms with E-state index < -0.39 is 0 Å². The lowest BCUT2D eigenvalue weighted by molar-refractivity contribution is 0.0691. The Bertz CT molecular complexity index is 460. The van der Waals surface area contributed by atoms with Crippen LogP contribution in [0.3, 0.4) is 0 Å². The molecule has 20 heavy (non-hydrogen) atoms. The molecule has 0 atom stereocenters. The number of rotatable bonds is 3. The van der Waals surface area contributed by atoms with Crippen molar-refractivity contribution in [3.8, 4) is 0 Å². The van der Waals surface area contributed by atoms with Crippen LogP contribution in [0.15, 0.2) is 18.2 Å². The van der Waals surface area contributed by atoms with E-state index in [0.717, 1.165) is 32.5 Å². The Kier molecular flexibility index (Phi) is 7.10. The van der Waals surface area contributed by atoms with Crippen molar-refractivity contribution < 1.29 is 4.79 Å². The van der Waals surface area contributed by atoms with Gasteiger partial charge < -0.3 is 10.2 Å². The summed E-state index contributed by atoms with van der Waals surface area (Å²) in [5.41, 5.74) is 0.501. The monoisotopic (exact) mass is 336 g/mol. The summed E-state index contributed by atoms with van der Waals surface area (Å²) in [4.78, 5) is 14.3. The minimum absolute atomic E-state index is 0. The minimum Gasteiger partial charge on any atom is -0.339 e. The van der Waals surface area contributed by atoms with Crippen LogP contribution in [-0.4, -0.2) is 37.5 Å². The lowest BCUT2D eigenvalue weighted by Crippen LogP contribution is -2.40. The zero-order valence-electron chi connectivity index (χ0n) is 11.4. The highest BCUT2D eigenvalue weighted by Crippen LogP contribution is 2.27. The molecule has 1 N–H and O–H groups in total. The Labute approximate surface area is 136 Å². The van der Waals surface area contributed by atoms with E-state index in [1.807, 2.05) is 11.9 Å². The molecule has 1 aliphatic heterocycles. The highest BCUT2D eigenvalue weighted by molar-refractivity contribution is 6.43. The van der Waals surface area contributed by atoms with E-state index in [1.54, 1.807) is 18.2 Å². The molecule has 0 bridgehead atoms. The number of hydrogen-bond donors (Lipinski definition) is 1. The molecule has 0 radical (unpaired) electrons. The summed E-state index contributed by atoms with van der Waals surface area (Å²) in [5.74, 6) is 0.638. The second-order valence-electron chi connectivity index (χ2n) is 4.89. The van der Waals surface area contributed by atoms with Gasteiger partial charge in [-0.15, -0.1) is 12.4 Å². The van der Waals surface area contributed by atoms with E-state index in [1.165, 1.54) is 0 Å². The topological polar surface area (TPSA) is 32.3 Å². The third kappa shape index (κ3) is 4.01. The zero-order valence-corrected chi connectivity index (χ0v) is 13.7. The zero-order chi connectivity index (χ0) is 13.8. The summed E-state index contributed by atoms with van der Waals surface area (Å²) < 4.78 is 0. The van der Waals surface area contributed by atoms with E-state index in [2.05, 4.69) is 5.32 Å². The number of nitrogens with one attached hydrogen (secondary N) is 1. The van der Waals surface area contributed by atoms with Crippen LogP contribution in [0.5, 0.6) is 0 Å². The van der Waals surface area contributed by atoms with Crippen molar-refractivity contribution in [1.82, 2.24) is 10.2 Å². The molecular weight excluding hydrogens is 319 g/mol. The highest BCUT2D eigenvalue weighted by Gasteiger charge is 2.24. The Morgan fingerprint density at radius 2 is 2.00 bits per heavy atom. The van der Waals surface area contributed by atoms with Crippen LogP contribution in [0.2, 0.25) is 10.0 Å². The van der Waals surface area contributed by atoms with Gasteiger partial charge in [0.2, 0.25) is 0 Å². The Hall–Kier alpha value is -0.480. The Balaban J connectivity index is 0.00000200. The van der Waals surface area contributed by atoms with Gasteiger partial charge in [0.1, 0.15) is 0 Å². The van der Waals surface area contributed by atoms with Crippen molar-refractivity contribution in [3.05, 3.63) is 33.8 Å². The second-order valence-corrected chi connectivity index (χ2v) is 5.68. The van der Waals surface area contributed by atoms with Crippen molar-refractivity contribution >= 4 is 41.5 Å². The van der Waals surface area contributed by atoms with Gasteiger partial charge in [0.05, 0.1) is 15.6 Å². The molecular formula is C14H19Cl3N2O. The number of carbonyl (C=O) groups excluding carboxylic acids is 1. The average Bonchev–Trinajstić information content (AvgIpc) is 2.42. The molecule has 0 aliphatic carbocycles. The van der Waals surface area contributed by atoms with Gasteiger partial charge in [0, 0.05) is 13.1 Å². The molecule has 112 valence electrons. The molecule has 1 heterocycles. The van der Waals surface area contributed by atoms with Crippen LogP contribution in [0, 0.1) is 5.92 Å². The second kappa shape index (κ2) is 8.08. The first-order valence-electron chi connectivity index (χ1n) is 6.51. The lowest BCUT2D eigenvalue weighted by atomic mass is 9.96. The van der Waals surface area contributed by atoms with Gasteiger partial charge in [0.15, 0.2) is 0 Å². The molecule has 0 saturated carbocycles. The summed E-state index contributed by atoms with van der Waals surface area (Å²) in [6.07, 6.45) is 2.07. The third-order valence-electron chi connectivity index (χ3n) is 3.58. The molecule has 0 unspecified atom stereocenters. The highest BCUT2D eigenvalue weighted by atomic mass is 35.5. The summed E-state index contributed by atoms with van der Waals surface area (Å²) >= 11 is 12.0. The van der Waals surface area contributed by atoms with E-state index in [0.29, 0.717) is 21.5 Å². The fourth-order valence-corrected chi connectivity index (χ4v) is 2.85. The first-order valence-corrected chi connectivity index (χ1v) is 7.27. The summed E-state index contributed by atoms with van der Waals surface area (Å²) in [6.45, 7) is 2.59. The maximum Gasteiger partial charge on any atom is 0.255 e. The largest absolute Gasteiger partial charge is 0.339 e. The fraction of sp³-hybridized carbons (Fsp3) is 0.500. The molecule has 1 amide bonds. The van der Waals surface area contributed by atoms with E-state index in [9.17, 15) is 4.79 Å². The predicted octanol–water partition coefficient (Wildman–Crippen LogP) is 3.49. The summed E-state index contributed by atoms with van der Waals surface area (Å²) in [6, 6.07) is 5.19. The van der Waals surface area contributed by atoms with Crippen LogP contribution in [0.4, 0.5) is 0 Å². The number of benzene rings is 1. The van der Waals surface area contributed by atoms with Gasteiger partial charge in [-0.25, -0.2) is 0 Å². The molecule has 0 spiro atoms. The summed E-state index contributed by atoms with van der Waals surface area (Å²) in [7, 11) is 1.96. The number of piperidine rings is 1. The molecule has 1 aromatic rings. The van der Waals surface area contributed by atoms with Crippen molar-refractivity contribution in [1.29, 1.82) is 0 Å². The minimum atomic E-state index is -0.0181. The van der Waals surface area contributed by atoms with Gasteiger partial charge in [-0.2, -0.15) is 0 Å². The maximum atomic E-state index is 12.4. The number of amides is 1. The number of hydrogen-bond acceptors (Lipinski definition) is 2. The molecule has 6 heteroatoms. The standard InChI is InChI=1S/C14H18Cl2N2O.ClH/c1-17-9-10-5-7-18(8-6-10)14(19)11-3-2-4-12(15)13(11)16;/h2-4,10,17H,5-9H2,1H3;1H. The Morgan fingerprint density at radius 3 is 2.60 bits per heavy atom. The van der Waals surface area contributed by atoms with Gasteiger partial charge >= 0.3 is 0 Å². The quantitative estimate of drug-likeness (QED) is 0.915. The fourth-order valence-electron chi connectivity index (χ4n) is 2.47. The molecule has 1 fully saturated rings. The molecule has 1 saturated heterocycles. The third-order valence-corrected chi connectivity index (χ3v) is 4.40. The lowest BCUT2D eigenvalue weighted by Gasteiger charge is -2.32. The Morgan fingerprint density at radius 1 is 1.35 bits per heavy atom. The van der Waals surface area contributed by atoms with Crippen LogP contribution >= 0.6 is 35.6 Å². The van der Waals surface area contributed by atoms with Gasteiger partial charge in [0.25, 0.3) is 5.91 Å². The van der Waals surface area contributed by atoms with Crippen LogP contribution in [-0.2, 0) is 0 Å². The number of nitrogens with zero attached hydrogens (tertiary/aromatic N) is 1. The first kappa shape index (κ1) is 17.6. The maximum absolute atomic E-state index is 12.4. The van der Waals surface area contributed by atoms with Gasteiger partial charge in [-0.1, -0.05) is 29.3 Å². The SMILES string of the molecule is CNCC1CCN(C(=O)c2cccc(Cl)c2Cl)CC1.Cl. The summed E-state index contributed by atoms with van der Waals surface area (Å²) in [5, 5.41) is 3.97. The predicted molar refractivity (Wildman–Crippen MR) is 86.3 cm³/mol. The van der Waals surface area contributed by atoms with Crippen LogP contribution < -0.4 is 5.32 Å². The number of carbonyl (C=O) groups is 1. The van der Waals surface area contributed by atoms with Crippen molar-refractivity contribution in [2.45, 2.75) is 12.8 Å². The van der Waals surface area contributed by atoms with Crippen molar-refractivity contribution in [3.63, 3.8) is 0 Å². The molecule has 2 rings (SSSR count). The van der Waals surface area contributed by atoms with Gasteiger partial charge in [-0.3, -0.25) is 4.79 Å². The van der Waals surface area contributed by atoms with Crippen LogP contribution in [0.1, 0.15) is 23.2 Å². The van der Waals surface area contributed by atoms with E-state index in [4.69, 9.17) is 23.2 Å². The number of halogens is 3. The average molecular weight is 338 g/mol. The van der Waals surface area contributed by atoms with E-state index in [-0.39, 0.29) is 18.3 Å². The molecule has 1 aromatic carbocycles. The van der Waals surface area contributed by atoms with Crippen molar-refractivity contribution in [2.24, 2.45) is 5.92 Å². The molecule has 0 aromatic heterocycles.